The van der Waals surface area contributed by atoms with Crippen molar-refractivity contribution >= 4 is 17.2 Å². The van der Waals surface area contributed by atoms with Crippen molar-refractivity contribution in [2.45, 2.75) is 38.3 Å². The van der Waals surface area contributed by atoms with Gasteiger partial charge in [-0.1, -0.05) is 18.9 Å². The molecule has 6 heteroatoms. The van der Waals surface area contributed by atoms with Crippen LogP contribution in [0.4, 0.5) is 0 Å². The van der Waals surface area contributed by atoms with Gasteiger partial charge in [0.05, 0.1) is 28.9 Å². The molecule has 3 aromatic rings. The zero-order chi connectivity index (χ0) is 17.1. The van der Waals surface area contributed by atoms with E-state index in [2.05, 4.69) is 21.0 Å². The summed E-state index contributed by atoms with van der Waals surface area (Å²) >= 11 is 1.45. The molecule has 1 N–H and O–H groups in total. The molecule has 1 aliphatic rings. The molecule has 1 fully saturated rings. The Morgan fingerprint density at radius 3 is 2.76 bits per heavy atom. The van der Waals surface area contributed by atoms with Gasteiger partial charge in [0.1, 0.15) is 0 Å². The smallest absolute Gasteiger partial charge is 0.261 e. The minimum atomic E-state index is -0.0455. The molecule has 4 rings (SSSR count). The van der Waals surface area contributed by atoms with Crippen LogP contribution in [0.3, 0.4) is 0 Å². The van der Waals surface area contributed by atoms with E-state index in [4.69, 9.17) is 5.10 Å². The summed E-state index contributed by atoms with van der Waals surface area (Å²) in [5, 5.41) is 9.68. The number of aromatic nitrogens is 3. The van der Waals surface area contributed by atoms with E-state index >= 15 is 0 Å². The molecule has 128 valence electrons. The Morgan fingerprint density at radius 1 is 1.24 bits per heavy atom. The predicted molar refractivity (Wildman–Crippen MR) is 98.5 cm³/mol. The molecule has 5 nitrogen and oxygen atoms in total. The van der Waals surface area contributed by atoms with Crippen LogP contribution in [0.25, 0.3) is 11.3 Å². The van der Waals surface area contributed by atoms with Gasteiger partial charge >= 0.3 is 0 Å². The number of nitrogens with one attached hydrogen (secondary N) is 1. The van der Waals surface area contributed by atoms with Crippen molar-refractivity contribution in [3.05, 3.63) is 58.7 Å². The molecule has 3 heterocycles. The van der Waals surface area contributed by atoms with E-state index < -0.39 is 0 Å². The lowest BCUT2D eigenvalue weighted by molar-refractivity contribution is 0.0954. The fraction of sp³-hybridized carbons (Fsp3) is 0.316. The van der Waals surface area contributed by atoms with Gasteiger partial charge in [-0.05, 0) is 42.5 Å². The van der Waals surface area contributed by atoms with Crippen LogP contribution in [-0.4, -0.2) is 20.7 Å². The lowest BCUT2D eigenvalue weighted by Crippen LogP contribution is -2.22. The first-order valence-corrected chi connectivity index (χ1v) is 9.50. The van der Waals surface area contributed by atoms with Crippen LogP contribution in [0, 0.1) is 0 Å². The average Bonchev–Trinajstić information content (AvgIpc) is 3.41. The highest BCUT2D eigenvalue weighted by Gasteiger charge is 2.22. The maximum atomic E-state index is 12.2. The molecule has 0 atom stereocenters. The third-order valence-electron chi connectivity index (χ3n) is 4.61. The van der Waals surface area contributed by atoms with E-state index in [-0.39, 0.29) is 5.91 Å². The molecular formula is C19H20N4OS. The molecular weight excluding hydrogens is 332 g/mol. The zero-order valence-electron chi connectivity index (χ0n) is 13.9. The third-order valence-corrected chi connectivity index (χ3v) is 5.48. The van der Waals surface area contributed by atoms with Gasteiger partial charge in [0.25, 0.3) is 5.91 Å². The van der Waals surface area contributed by atoms with Crippen LogP contribution in [0.1, 0.15) is 47.1 Å². The number of thiophene rings is 1. The highest BCUT2D eigenvalue weighted by atomic mass is 32.1. The Bertz CT molecular complexity index is 836. The third kappa shape index (κ3) is 3.49. The summed E-state index contributed by atoms with van der Waals surface area (Å²) in [6.45, 7) is 0.439. The summed E-state index contributed by atoms with van der Waals surface area (Å²) in [6, 6.07) is 10.3. The van der Waals surface area contributed by atoms with Gasteiger partial charge in [-0.2, -0.15) is 5.10 Å². The lowest BCUT2D eigenvalue weighted by atomic mass is 10.1. The maximum absolute atomic E-state index is 12.2. The van der Waals surface area contributed by atoms with Gasteiger partial charge in [-0.3, -0.25) is 14.5 Å². The highest BCUT2D eigenvalue weighted by molar-refractivity contribution is 7.12. The number of hydrogen-bond donors (Lipinski definition) is 1. The summed E-state index contributed by atoms with van der Waals surface area (Å²) in [5.41, 5.74) is 3.11. The molecule has 0 unspecified atom stereocenters. The van der Waals surface area contributed by atoms with Gasteiger partial charge in [-0.25, -0.2) is 0 Å². The van der Waals surface area contributed by atoms with Crippen LogP contribution in [0.15, 0.2) is 48.1 Å². The second-order valence-electron chi connectivity index (χ2n) is 6.30. The van der Waals surface area contributed by atoms with Crippen molar-refractivity contribution in [2.75, 3.05) is 0 Å². The topological polar surface area (TPSA) is 59.8 Å². The standard InChI is InChI=1S/C19H20N4OS/c24-19(18-6-3-11-25-18)21-13-15-12-17(14-7-9-20-10-8-14)23(22-15)16-4-1-2-5-16/h3,6-12,16H,1-2,4-5,13H2,(H,21,24). The highest BCUT2D eigenvalue weighted by Crippen LogP contribution is 2.33. The monoisotopic (exact) mass is 352 g/mol. The Morgan fingerprint density at radius 2 is 2.04 bits per heavy atom. The van der Waals surface area contributed by atoms with Crippen LogP contribution >= 0.6 is 11.3 Å². The summed E-state index contributed by atoms with van der Waals surface area (Å²) in [4.78, 5) is 17.0. The number of pyridine rings is 1. The fourth-order valence-electron chi connectivity index (χ4n) is 3.36. The zero-order valence-corrected chi connectivity index (χ0v) is 14.7. The molecule has 1 aliphatic carbocycles. The minimum Gasteiger partial charge on any atom is -0.346 e. The first-order chi connectivity index (χ1) is 12.3. The van der Waals surface area contributed by atoms with E-state index in [1.807, 2.05) is 29.6 Å². The molecule has 25 heavy (non-hydrogen) atoms. The molecule has 1 amide bonds. The molecule has 0 aliphatic heterocycles. The average molecular weight is 352 g/mol. The van der Waals surface area contributed by atoms with Crippen molar-refractivity contribution in [1.82, 2.24) is 20.1 Å². The van der Waals surface area contributed by atoms with Gasteiger partial charge in [0.2, 0.25) is 0 Å². The van der Waals surface area contributed by atoms with Crippen LogP contribution < -0.4 is 5.32 Å². The summed E-state index contributed by atoms with van der Waals surface area (Å²) in [6.07, 6.45) is 8.45. The Hall–Kier alpha value is -2.47. The number of carbonyl (C=O) groups is 1. The Labute approximate surface area is 150 Å². The molecule has 0 radical (unpaired) electrons. The normalized spacial score (nSPS) is 14.7. The van der Waals surface area contributed by atoms with Crippen molar-refractivity contribution in [2.24, 2.45) is 0 Å². The summed E-state index contributed by atoms with van der Waals surface area (Å²) in [5.74, 6) is -0.0455. The minimum absolute atomic E-state index is 0.0455. The summed E-state index contributed by atoms with van der Waals surface area (Å²) < 4.78 is 2.15. The van der Waals surface area contributed by atoms with E-state index in [0.717, 1.165) is 21.8 Å². The van der Waals surface area contributed by atoms with E-state index in [1.54, 1.807) is 12.4 Å². The molecule has 3 aromatic heterocycles. The van der Waals surface area contributed by atoms with Gasteiger partial charge < -0.3 is 5.32 Å². The Balaban J connectivity index is 1.57. The number of carbonyl (C=O) groups excluding carboxylic acids is 1. The molecule has 0 bridgehead atoms. The van der Waals surface area contributed by atoms with Crippen LogP contribution in [-0.2, 0) is 6.54 Å². The van der Waals surface area contributed by atoms with Gasteiger partial charge in [0, 0.05) is 18.0 Å². The molecule has 0 aromatic carbocycles. The first kappa shape index (κ1) is 16.0. The quantitative estimate of drug-likeness (QED) is 0.753. The fourth-order valence-corrected chi connectivity index (χ4v) is 4.00. The van der Waals surface area contributed by atoms with Crippen molar-refractivity contribution in [3.63, 3.8) is 0 Å². The molecule has 0 saturated heterocycles. The van der Waals surface area contributed by atoms with Crippen molar-refractivity contribution in [1.29, 1.82) is 0 Å². The van der Waals surface area contributed by atoms with Crippen molar-refractivity contribution < 1.29 is 4.79 Å². The molecule has 1 saturated carbocycles. The van der Waals surface area contributed by atoms with Crippen LogP contribution in [0.2, 0.25) is 0 Å². The molecule has 0 spiro atoms. The predicted octanol–water partition coefficient (Wildman–Crippen LogP) is 4.05. The number of rotatable bonds is 5. The second kappa shape index (κ2) is 7.19. The van der Waals surface area contributed by atoms with Crippen molar-refractivity contribution in [3.8, 4) is 11.3 Å². The SMILES string of the molecule is O=C(NCc1cc(-c2ccncc2)n(C2CCCC2)n1)c1cccs1. The van der Waals surface area contributed by atoms with Gasteiger partial charge in [-0.15, -0.1) is 11.3 Å². The second-order valence-corrected chi connectivity index (χ2v) is 7.25. The number of amides is 1. The van der Waals surface area contributed by atoms with Gasteiger partial charge in [0.15, 0.2) is 0 Å². The number of hydrogen-bond acceptors (Lipinski definition) is 4. The first-order valence-electron chi connectivity index (χ1n) is 8.62. The number of nitrogens with zero attached hydrogens (tertiary/aromatic N) is 3. The lowest BCUT2D eigenvalue weighted by Gasteiger charge is -2.14. The Kier molecular flexibility index (Phi) is 4.61. The summed E-state index contributed by atoms with van der Waals surface area (Å²) in [7, 11) is 0. The van der Waals surface area contributed by atoms with E-state index in [0.29, 0.717) is 12.6 Å². The van der Waals surface area contributed by atoms with Crippen LogP contribution in [0.5, 0.6) is 0 Å². The van der Waals surface area contributed by atoms with E-state index in [1.165, 1.54) is 37.0 Å². The maximum Gasteiger partial charge on any atom is 0.261 e. The van der Waals surface area contributed by atoms with E-state index in [9.17, 15) is 4.79 Å². The largest absolute Gasteiger partial charge is 0.346 e.